The largest absolute Gasteiger partial charge is 0.442 e. The molecule has 1 fully saturated rings. The second kappa shape index (κ2) is 8.07. The molecule has 5 rings (SSSR count). The van der Waals surface area contributed by atoms with E-state index in [1.807, 2.05) is 30.3 Å². The van der Waals surface area contributed by atoms with Crippen molar-refractivity contribution in [2.45, 2.75) is 38.6 Å². The van der Waals surface area contributed by atoms with Gasteiger partial charge < -0.3 is 9.32 Å². The molecule has 7 heteroatoms. The third-order valence-electron chi connectivity index (χ3n) is 6.06. The van der Waals surface area contributed by atoms with E-state index in [0.29, 0.717) is 11.3 Å². The van der Waals surface area contributed by atoms with Crippen LogP contribution in [-0.4, -0.2) is 21.4 Å². The van der Waals surface area contributed by atoms with Gasteiger partial charge >= 0.3 is 0 Å². The van der Waals surface area contributed by atoms with Crippen LogP contribution in [0, 0.1) is 10.1 Å². The Labute approximate surface area is 185 Å². The van der Waals surface area contributed by atoms with Gasteiger partial charge in [-0.15, -0.1) is 0 Å². The van der Waals surface area contributed by atoms with E-state index in [4.69, 9.17) is 9.40 Å². The van der Waals surface area contributed by atoms with E-state index in [0.717, 1.165) is 47.5 Å². The highest BCUT2D eigenvalue weighted by Crippen LogP contribution is 2.42. The summed E-state index contributed by atoms with van der Waals surface area (Å²) in [5, 5.41) is 12.9. The van der Waals surface area contributed by atoms with Crippen LogP contribution in [0.15, 0.2) is 65.3 Å². The zero-order valence-electron chi connectivity index (χ0n) is 18.1. The second-order valence-corrected chi connectivity index (χ2v) is 8.42. The van der Waals surface area contributed by atoms with Gasteiger partial charge in [0.05, 0.1) is 10.3 Å². The quantitative estimate of drug-likeness (QED) is 0.275. The minimum atomic E-state index is -0.357. The number of pyridine rings is 1. The van der Waals surface area contributed by atoms with Crippen molar-refractivity contribution in [2.24, 2.45) is 0 Å². The highest BCUT2D eigenvalue weighted by Gasteiger charge is 2.33. The first-order valence-corrected chi connectivity index (χ1v) is 10.9. The molecule has 7 nitrogen and oxygen atoms in total. The van der Waals surface area contributed by atoms with Crippen molar-refractivity contribution >= 4 is 22.1 Å². The van der Waals surface area contributed by atoms with Crippen LogP contribution in [0.2, 0.25) is 0 Å². The van der Waals surface area contributed by atoms with Crippen LogP contribution in [0.3, 0.4) is 0 Å². The summed E-state index contributed by atoms with van der Waals surface area (Å²) in [6.45, 7) is 5.06. The van der Waals surface area contributed by atoms with Gasteiger partial charge in [-0.25, -0.2) is 4.98 Å². The Morgan fingerprint density at radius 3 is 2.69 bits per heavy atom. The summed E-state index contributed by atoms with van der Waals surface area (Å²) in [6, 6.07) is 15.3. The van der Waals surface area contributed by atoms with Gasteiger partial charge in [0.15, 0.2) is 0 Å². The smallest absolute Gasteiger partial charge is 0.278 e. The number of rotatable bonds is 5. The Kier molecular flexibility index (Phi) is 5.09. The molecule has 0 unspecified atom stereocenters. The van der Waals surface area contributed by atoms with Crippen LogP contribution in [-0.2, 0) is 0 Å². The molecule has 162 valence electrons. The maximum absolute atomic E-state index is 11.5. The number of nitro benzene ring substituents is 1. The Morgan fingerprint density at radius 1 is 1.12 bits per heavy atom. The zero-order chi connectivity index (χ0) is 22.2. The third kappa shape index (κ3) is 3.39. The fourth-order valence-electron chi connectivity index (χ4n) is 4.57. The number of hydrogen-bond acceptors (Lipinski definition) is 6. The van der Waals surface area contributed by atoms with Crippen LogP contribution in [0.1, 0.15) is 50.3 Å². The predicted octanol–water partition coefficient (Wildman–Crippen LogP) is 6.26. The Balaban J connectivity index is 1.60. The Hall–Kier alpha value is -3.74. The molecule has 1 atom stereocenters. The molecule has 0 bridgehead atoms. The number of oxazole rings is 1. The summed E-state index contributed by atoms with van der Waals surface area (Å²) in [6.07, 6.45) is 5.15. The maximum atomic E-state index is 11.5. The number of non-ortho nitro benzene ring substituents is 1. The van der Waals surface area contributed by atoms with E-state index in [2.05, 4.69) is 35.9 Å². The molecule has 2 aromatic carbocycles. The molecule has 3 heterocycles. The number of anilines is 1. The molecule has 0 aliphatic carbocycles. The molecule has 0 spiro atoms. The normalized spacial score (nSPS) is 16.2. The van der Waals surface area contributed by atoms with Gasteiger partial charge in [0.25, 0.3) is 5.69 Å². The van der Waals surface area contributed by atoms with E-state index in [1.165, 1.54) is 0 Å². The molecule has 2 aromatic heterocycles. The van der Waals surface area contributed by atoms with Crippen LogP contribution >= 0.6 is 0 Å². The third-order valence-corrected chi connectivity index (χ3v) is 6.06. The van der Waals surface area contributed by atoms with E-state index >= 15 is 0 Å². The van der Waals surface area contributed by atoms with Crippen molar-refractivity contribution in [3.05, 3.63) is 82.7 Å². The average molecular weight is 428 g/mol. The molecular formula is C25H24N4O3. The number of benzene rings is 2. The van der Waals surface area contributed by atoms with Crippen LogP contribution < -0.4 is 4.90 Å². The predicted molar refractivity (Wildman–Crippen MR) is 124 cm³/mol. The SMILES string of the molecule is CC(C)c1oc([C@@H]2CCCN2c2ccc([N+](=O)[O-])c3cnccc23)nc1-c1ccccc1. The molecule has 1 saturated heterocycles. The Morgan fingerprint density at radius 2 is 1.94 bits per heavy atom. The fourth-order valence-corrected chi connectivity index (χ4v) is 4.57. The summed E-state index contributed by atoms with van der Waals surface area (Å²) in [5.41, 5.74) is 2.95. The van der Waals surface area contributed by atoms with Gasteiger partial charge in [0.1, 0.15) is 17.5 Å². The lowest BCUT2D eigenvalue weighted by atomic mass is 10.0. The molecule has 0 amide bonds. The van der Waals surface area contributed by atoms with Crippen molar-refractivity contribution in [3.8, 4) is 11.3 Å². The van der Waals surface area contributed by atoms with Crippen molar-refractivity contribution in [1.29, 1.82) is 0 Å². The van der Waals surface area contributed by atoms with Crippen LogP contribution in [0.4, 0.5) is 11.4 Å². The van der Waals surface area contributed by atoms with Gasteiger partial charge in [-0.3, -0.25) is 15.1 Å². The van der Waals surface area contributed by atoms with E-state index in [-0.39, 0.29) is 22.6 Å². The van der Waals surface area contributed by atoms with Crippen molar-refractivity contribution in [2.75, 3.05) is 11.4 Å². The first-order chi connectivity index (χ1) is 15.5. The lowest BCUT2D eigenvalue weighted by molar-refractivity contribution is -0.383. The number of fused-ring (bicyclic) bond motifs is 1. The van der Waals surface area contributed by atoms with Gasteiger partial charge in [-0.1, -0.05) is 44.2 Å². The summed E-state index contributed by atoms with van der Waals surface area (Å²) >= 11 is 0. The molecule has 0 saturated carbocycles. The second-order valence-electron chi connectivity index (χ2n) is 8.42. The van der Waals surface area contributed by atoms with Gasteiger partial charge in [0, 0.05) is 47.6 Å². The highest BCUT2D eigenvalue weighted by atomic mass is 16.6. The molecular weight excluding hydrogens is 404 g/mol. The van der Waals surface area contributed by atoms with E-state index in [9.17, 15) is 10.1 Å². The minimum Gasteiger partial charge on any atom is -0.442 e. The van der Waals surface area contributed by atoms with E-state index < -0.39 is 0 Å². The summed E-state index contributed by atoms with van der Waals surface area (Å²) < 4.78 is 6.37. The number of hydrogen-bond donors (Lipinski definition) is 0. The standard InChI is InChI=1S/C25H24N4O3/c1-16(2)24-23(17-7-4-3-5-8-17)27-25(32-24)22-9-6-14-28(22)20-10-11-21(29(30)31)19-15-26-13-12-18(19)20/h3-5,7-8,10-13,15-16,22H,6,9,14H2,1-2H3/t22-/m0/s1. The van der Waals surface area contributed by atoms with Gasteiger partial charge in [0.2, 0.25) is 5.89 Å². The number of nitrogens with zero attached hydrogens (tertiary/aromatic N) is 4. The zero-order valence-corrected chi connectivity index (χ0v) is 18.1. The average Bonchev–Trinajstić information content (AvgIpc) is 3.46. The summed E-state index contributed by atoms with van der Waals surface area (Å²) in [4.78, 5) is 22.5. The molecule has 1 aliphatic rings. The fraction of sp³-hybridized carbons (Fsp3) is 0.280. The monoisotopic (exact) mass is 428 g/mol. The van der Waals surface area contributed by atoms with Gasteiger partial charge in [-0.05, 0) is 25.0 Å². The Bertz CT molecular complexity index is 1280. The first-order valence-electron chi connectivity index (χ1n) is 10.9. The molecule has 0 radical (unpaired) electrons. The molecule has 32 heavy (non-hydrogen) atoms. The molecule has 0 N–H and O–H groups in total. The van der Waals surface area contributed by atoms with Crippen LogP contribution in [0.25, 0.3) is 22.0 Å². The highest BCUT2D eigenvalue weighted by molar-refractivity contribution is 5.99. The first kappa shape index (κ1) is 20.2. The summed E-state index contributed by atoms with van der Waals surface area (Å²) in [7, 11) is 0. The summed E-state index contributed by atoms with van der Waals surface area (Å²) in [5.74, 6) is 1.79. The number of nitro groups is 1. The van der Waals surface area contributed by atoms with Crippen molar-refractivity contribution in [3.63, 3.8) is 0 Å². The van der Waals surface area contributed by atoms with Crippen molar-refractivity contribution in [1.82, 2.24) is 9.97 Å². The topological polar surface area (TPSA) is 85.3 Å². The maximum Gasteiger partial charge on any atom is 0.278 e. The lowest BCUT2D eigenvalue weighted by Crippen LogP contribution is -2.23. The minimum absolute atomic E-state index is 0.0252. The van der Waals surface area contributed by atoms with Crippen molar-refractivity contribution < 1.29 is 9.34 Å². The number of aromatic nitrogens is 2. The lowest BCUT2D eigenvalue weighted by Gasteiger charge is -2.26. The molecule has 4 aromatic rings. The molecule has 1 aliphatic heterocycles. The van der Waals surface area contributed by atoms with Gasteiger partial charge in [-0.2, -0.15) is 0 Å². The van der Waals surface area contributed by atoms with E-state index in [1.54, 1.807) is 18.5 Å². The van der Waals surface area contributed by atoms with Crippen LogP contribution in [0.5, 0.6) is 0 Å².